The summed E-state index contributed by atoms with van der Waals surface area (Å²) in [6, 6.07) is 0. The van der Waals surface area contributed by atoms with E-state index < -0.39 is 5.97 Å². The van der Waals surface area contributed by atoms with Crippen LogP contribution >= 0.6 is 11.3 Å². The Morgan fingerprint density at radius 2 is 1.95 bits per heavy atom. The molecule has 118 valence electrons. The number of nitrogens with one attached hydrogen (secondary N) is 1. The van der Waals surface area contributed by atoms with E-state index in [1.165, 1.54) is 30.6 Å². The molecule has 0 saturated carbocycles. The number of aryl methyl sites for hydroxylation is 1. The zero-order valence-electron chi connectivity index (χ0n) is 12.6. The molecule has 5 nitrogen and oxygen atoms in total. The SMILES string of the molecule is CCCCCCCC(=O)Nc1nc(CCCC(=O)O)cs1. The second-order valence-electron chi connectivity index (χ2n) is 5.10. The molecule has 0 aliphatic carbocycles. The van der Waals surface area contributed by atoms with Crippen LogP contribution < -0.4 is 5.32 Å². The van der Waals surface area contributed by atoms with Crippen LogP contribution in [0.3, 0.4) is 0 Å². The number of thiazole rings is 1. The molecule has 1 heterocycles. The molecule has 0 fully saturated rings. The van der Waals surface area contributed by atoms with Crippen molar-refractivity contribution in [2.45, 2.75) is 64.7 Å². The number of carbonyl (C=O) groups excluding carboxylic acids is 1. The third kappa shape index (κ3) is 8.45. The highest BCUT2D eigenvalue weighted by molar-refractivity contribution is 7.13. The largest absolute Gasteiger partial charge is 0.481 e. The van der Waals surface area contributed by atoms with Gasteiger partial charge in [0.2, 0.25) is 5.91 Å². The fraction of sp³-hybridized carbons (Fsp3) is 0.667. The van der Waals surface area contributed by atoms with Crippen LogP contribution in [-0.4, -0.2) is 22.0 Å². The Hall–Kier alpha value is -1.43. The Labute approximate surface area is 129 Å². The predicted octanol–water partition coefficient (Wildman–Crippen LogP) is 3.85. The molecule has 21 heavy (non-hydrogen) atoms. The smallest absolute Gasteiger partial charge is 0.303 e. The van der Waals surface area contributed by atoms with Gasteiger partial charge in [-0.15, -0.1) is 11.3 Å². The van der Waals surface area contributed by atoms with E-state index in [2.05, 4.69) is 17.2 Å². The van der Waals surface area contributed by atoms with Crippen molar-refractivity contribution in [3.05, 3.63) is 11.1 Å². The fourth-order valence-electron chi connectivity index (χ4n) is 1.97. The van der Waals surface area contributed by atoms with Gasteiger partial charge in [-0.3, -0.25) is 9.59 Å². The maximum Gasteiger partial charge on any atom is 0.303 e. The van der Waals surface area contributed by atoms with E-state index >= 15 is 0 Å². The second-order valence-corrected chi connectivity index (χ2v) is 5.96. The van der Waals surface area contributed by atoms with E-state index in [-0.39, 0.29) is 12.3 Å². The Morgan fingerprint density at radius 3 is 2.67 bits per heavy atom. The van der Waals surface area contributed by atoms with Gasteiger partial charge in [0, 0.05) is 18.2 Å². The molecule has 1 aromatic heterocycles. The zero-order chi connectivity index (χ0) is 15.5. The van der Waals surface area contributed by atoms with Crippen LogP contribution in [0.4, 0.5) is 5.13 Å². The number of amides is 1. The number of aliphatic carboxylic acids is 1. The highest BCUT2D eigenvalue weighted by Gasteiger charge is 2.07. The van der Waals surface area contributed by atoms with Gasteiger partial charge in [-0.05, 0) is 19.3 Å². The second kappa shape index (κ2) is 10.3. The van der Waals surface area contributed by atoms with Crippen molar-refractivity contribution in [2.24, 2.45) is 0 Å². The molecule has 0 aliphatic heterocycles. The van der Waals surface area contributed by atoms with Gasteiger partial charge in [0.05, 0.1) is 5.69 Å². The number of aromatic nitrogens is 1. The van der Waals surface area contributed by atoms with Gasteiger partial charge in [0.15, 0.2) is 5.13 Å². The van der Waals surface area contributed by atoms with Gasteiger partial charge in [-0.25, -0.2) is 4.98 Å². The first-order valence-electron chi connectivity index (χ1n) is 7.58. The Balaban J connectivity index is 2.20. The molecule has 0 saturated heterocycles. The molecular formula is C15H24N2O3S. The summed E-state index contributed by atoms with van der Waals surface area (Å²) in [5.41, 5.74) is 0.847. The van der Waals surface area contributed by atoms with Crippen LogP contribution in [0.25, 0.3) is 0 Å². The van der Waals surface area contributed by atoms with Crippen molar-refractivity contribution in [1.82, 2.24) is 4.98 Å². The van der Waals surface area contributed by atoms with E-state index in [0.29, 0.717) is 24.4 Å². The third-order valence-corrected chi connectivity index (χ3v) is 3.94. The Morgan fingerprint density at radius 1 is 1.19 bits per heavy atom. The van der Waals surface area contributed by atoms with Crippen molar-refractivity contribution in [3.63, 3.8) is 0 Å². The van der Waals surface area contributed by atoms with Gasteiger partial charge < -0.3 is 10.4 Å². The minimum Gasteiger partial charge on any atom is -0.481 e. The van der Waals surface area contributed by atoms with E-state index in [0.717, 1.165) is 18.5 Å². The molecule has 1 amide bonds. The summed E-state index contributed by atoms with van der Waals surface area (Å²) < 4.78 is 0. The average molecular weight is 312 g/mol. The maximum atomic E-state index is 11.7. The van der Waals surface area contributed by atoms with Crippen LogP contribution in [0, 0.1) is 0 Å². The summed E-state index contributed by atoms with van der Waals surface area (Å²) in [5, 5.41) is 13.9. The van der Waals surface area contributed by atoms with Crippen LogP contribution in [0.15, 0.2) is 5.38 Å². The van der Waals surface area contributed by atoms with Crippen LogP contribution in [-0.2, 0) is 16.0 Å². The lowest BCUT2D eigenvalue weighted by Crippen LogP contribution is -2.10. The lowest BCUT2D eigenvalue weighted by Gasteiger charge is -2.01. The minimum absolute atomic E-state index is 0.0120. The summed E-state index contributed by atoms with van der Waals surface area (Å²) in [6.07, 6.45) is 7.54. The maximum absolute atomic E-state index is 11.7. The molecule has 0 bridgehead atoms. The average Bonchev–Trinajstić information content (AvgIpc) is 2.85. The molecule has 0 aromatic carbocycles. The number of hydrogen-bond acceptors (Lipinski definition) is 4. The number of hydrogen-bond donors (Lipinski definition) is 2. The summed E-state index contributed by atoms with van der Waals surface area (Å²) in [6.45, 7) is 2.17. The molecule has 0 atom stereocenters. The molecule has 0 spiro atoms. The van der Waals surface area contributed by atoms with E-state index in [1.807, 2.05) is 5.38 Å². The number of carbonyl (C=O) groups is 2. The first kappa shape index (κ1) is 17.6. The number of unbranched alkanes of at least 4 members (excludes halogenated alkanes) is 4. The van der Waals surface area contributed by atoms with Crippen molar-refractivity contribution >= 4 is 28.3 Å². The summed E-state index contributed by atoms with van der Waals surface area (Å²) in [4.78, 5) is 26.5. The third-order valence-electron chi connectivity index (χ3n) is 3.13. The number of carboxylic acid groups (broad SMARTS) is 1. The molecular weight excluding hydrogens is 288 g/mol. The van der Waals surface area contributed by atoms with E-state index in [1.54, 1.807) is 0 Å². The van der Waals surface area contributed by atoms with Gasteiger partial charge in [-0.1, -0.05) is 32.6 Å². The van der Waals surface area contributed by atoms with Crippen LogP contribution in [0.5, 0.6) is 0 Å². The number of nitrogens with zero attached hydrogens (tertiary/aromatic N) is 1. The minimum atomic E-state index is -0.790. The monoisotopic (exact) mass is 312 g/mol. The molecule has 0 unspecified atom stereocenters. The number of anilines is 1. The fourth-order valence-corrected chi connectivity index (χ4v) is 2.73. The van der Waals surface area contributed by atoms with E-state index in [4.69, 9.17) is 5.11 Å². The summed E-state index contributed by atoms with van der Waals surface area (Å²) >= 11 is 1.39. The summed E-state index contributed by atoms with van der Waals surface area (Å²) in [5.74, 6) is -0.778. The summed E-state index contributed by atoms with van der Waals surface area (Å²) in [7, 11) is 0. The lowest BCUT2D eigenvalue weighted by atomic mass is 10.1. The standard InChI is InChI=1S/C15H24N2O3S/c1-2-3-4-5-6-9-13(18)17-15-16-12(11-21-15)8-7-10-14(19)20/h11H,2-10H2,1H3,(H,19,20)(H,16,17,18). The lowest BCUT2D eigenvalue weighted by molar-refractivity contribution is -0.137. The molecule has 6 heteroatoms. The Kier molecular flexibility index (Phi) is 8.66. The van der Waals surface area contributed by atoms with E-state index in [9.17, 15) is 9.59 Å². The van der Waals surface area contributed by atoms with Crippen LogP contribution in [0.2, 0.25) is 0 Å². The van der Waals surface area contributed by atoms with Crippen molar-refractivity contribution in [2.75, 3.05) is 5.32 Å². The zero-order valence-corrected chi connectivity index (χ0v) is 13.4. The van der Waals surface area contributed by atoms with Crippen molar-refractivity contribution in [3.8, 4) is 0 Å². The number of carboxylic acids is 1. The van der Waals surface area contributed by atoms with Crippen LogP contribution in [0.1, 0.15) is 64.0 Å². The van der Waals surface area contributed by atoms with Gasteiger partial charge in [-0.2, -0.15) is 0 Å². The molecule has 0 aliphatic rings. The van der Waals surface area contributed by atoms with Gasteiger partial charge in [0.1, 0.15) is 0 Å². The van der Waals surface area contributed by atoms with Crippen molar-refractivity contribution in [1.29, 1.82) is 0 Å². The molecule has 2 N–H and O–H groups in total. The molecule has 1 rings (SSSR count). The molecule has 1 aromatic rings. The topological polar surface area (TPSA) is 79.3 Å². The highest BCUT2D eigenvalue weighted by atomic mass is 32.1. The normalized spacial score (nSPS) is 10.5. The quantitative estimate of drug-likeness (QED) is 0.608. The molecule has 0 radical (unpaired) electrons. The number of rotatable bonds is 11. The first-order chi connectivity index (χ1) is 10.1. The predicted molar refractivity (Wildman–Crippen MR) is 84.7 cm³/mol. The van der Waals surface area contributed by atoms with Gasteiger partial charge >= 0.3 is 5.97 Å². The Bertz CT molecular complexity index is 446. The van der Waals surface area contributed by atoms with Gasteiger partial charge in [0.25, 0.3) is 0 Å². The first-order valence-corrected chi connectivity index (χ1v) is 8.45. The highest BCUT2D eigenvalue weighted by Crippen LogP contribution is 2.17. The van der Waals surface area contributed by atoms with Crippen molar-refractivity contribution < 1.29 is 14.7 Å².